The molecule has 1 heterocycles. The number of hydrogen-bond acceptors (Lipinski definition) is 2. The van der Waals surface area contributed by atoms with Crippen molar-refractivity contribution in [2.45, 2.75) is 39.2 Å². The van der Waals surface area contributed by atoms with Gasteiger partial charge in [0.25, 0.3) is 0 Å². The minimum Gasteiger partial charge on any atom is -0.368 e. The predicted molar refractivity (Wildman–Crippen MR) is 72.0 cm³/mol. The Labute approximate surface area is 108 Å². The smallest absolute Gasteiger partial charge is 0.130 e. The molecule has 17 heavy (non-hydrogen) atoms. The van der Waals surface area contributed by atoms with E-state index in [-0.39, 0.29) is 11.7 Å². The Hall–Kier alpha value is -1.02. The number of hydrogen-bond donors (Lipinski definition) is 0. The van der Waals surface area contributed by atoms with Gasteiger partial charge in [-0.25, -0.2) is 0 Å². The molecule has 0 bridgehead atoms. The number of carbonyl (C=O) groups is 1. The van der Waals surface area contributed by atoms with Gasteiger partial charge in [0.05, 0.1) is 0 Å². The molecule has 0 saturated heterocycles. The van der Waals surface area contributed by atoms with E-state index in [2.05, 4.69) is 24.8 Å². The Morgan fingerprint density at radius 2 is 2.24 bits per heavy atom. The molecule has 0 aromatic heterocycles. The van der Waals surface area contributed by atoms with Crippen molar-refractivity contribution < 1.29 is 4.79 Å². The van der Waals surface area contributed by atoms with Crippen LogP contribution >= 0.6 is 11.6 Å². The SMILES string of the molecule is CC(=O)CC1CN(C(C)C)c2cccc(Cl)c21. The van der Waals surface area contributed by atoms with Crippen LogP contribution in [0.4, 0.5) is 5.69 Å². The zero-order valence-corrected chi connectivity index (χ0v) is 11.3. The average Bonchev–Trinajstić information content (AvgIpc) is 2.57. The summed E-state index contributed by atoms with van der Waals surface area (Å²) in [4.78, 5) is 13.7. The molecule has 1 aromatic carbocycles. The zero-order valence-electron chi connectivity index (χ0n) is 10.5. The number of Topliss-reactive ketones (excluding diaryl/α,β-unsaturated/α-hetero) is 1. The molecule has 3 heteroatoms. The van der Waals surface area contributed by atoms with Gasteiger partial charge in [-0.3, -0.25) is 0 Å². The molecule has 1 aromatic rings. The first-order chi connectivity index (χ1) is 8.00. The maximum Gasteiger partial charge on any atom is 0.130 e. The van der Waals surface area contributed by atoms with Gasteiger partial charge in [0.2, 0.25) is 0 Å². The lowest BCUT2D eigenvalue weighted by molar-refractivity contribution is -0.117. The summed E-state index contributed by atoms with van der Waals surface area (Å²) in [5.41, 5.74) is 2.34. The van der Waals surface area contributed by atoms with Gasteiger partial charge < -0.3 is 9.69 Å². The van der Waals surface area contributed by atoms with Gasteiger partial charge in [-0.05, 0) is 38.5 Å². The van der Waals surface area contributed by atoms with Crippen LogP contribution < -0.4 is 4.90 Å². The topological polar surface area (TPSA) is 20.3 Å². The molecule has 1 atom stereocenters. The number of benzene rings is 1. The van der Waals surface area contributed by atoms with E-state index in [9.17, 15) is 4.79 Å². The standard InChI is InChI=1S/C14H18ClNO/c1-9(2)16-8-11(7-10(3)17)14-12(15)5-4-6-13(14)16/h4-6,9,11H,7-8H2,1-3H3. The second-order valence-electron chi connectivity index (χ2n) is 5.02. The van der Waals surface area contributed by atoms with Crippen molar-refractivity contribution in [2.24, 2.45) is 0 Å². The van der Waals surface area contributed by atoms with Gasteiger partial charge in [-0.1, -0.05) is 17.7 Å². The van der Waals surface area contributed by atoms with Crippen molar-refractivity contribution in [2.75, 3.05) is 11.4 Å². The maximum absolute atomic E-state index is 11.3. The van der Waals surface area contributed by atoms with E-state index in [1.54, 1.807) is 6.92 Å². The largest absolute Gasteiger partial charge is 0.368 e. The van der Waals surface area contributed by atoms with Crippen molar-refractivity contribution in [1.29, 1.82) is 0 Å². The quantitative estimate of drug-likeness (QED) is 0.818. The molecule has 2 rings (SSSR count). The highest BCUT2D eigenvalue weighted by atomic mass is 35.5. The summed E-state index contributed by atoms with van der Waals surface area (Å²) in [5.74, 6) is 0.477. The summed E-state index contributed by atoms with van der Waals surface area (Å²) >= 11 is 6.28. The minimum absolute atomic E-state index is 0.228. The average molecular weight is 252 g/mol. The highest BCUT2D eigenvalue weighted by Gasteiger charge is 2.32. The fraction of sp³-hybridized carbons (Fsp3) is 0.500. The molecule has 2 nitrogen and oxygen atoms in total. The highest BCUT2D eigenvalue weighted by Crippen LogP contribution is 2.43. The number of ketones is 1. The molecule has 1 unspecified atom stereocenters. The maximum atomic E-state index is 11.3. The Bertz CT molecular complexity index is 442. The summed E-state index contributed by atoms with van der Waals surface area (Å²) in [6.45, 7) is 6.88. The first-order valence-electron chi connectivity index (χ1n) is 6.05. The Balaban J connectivity index is 2.41. The third kappa shape index (κ3) is 2.32. The lowest BCUT2D eigenvalue weighted by Gasteiger charge is -2.24. The van der Waals surface area contributed by atoms with Gasteiger partial charge in [0, 0.05) is 35.6 Å². The molecule has 0 amide bonds. The van der Waals surface area contributed by atoms with Crippen molar-refractivity contribution in [3.05, 3.63) is 28.8 Å². The van der Waals surface area contributed by atoms with Crippen LogP contribution in [0.2, 0.25) is 5.02 Å². The van der Waals surface area contributed by atoms with Crippen molar-refractivity contribution >= 4 is 23.1 Å². The van der Waals surface area contributed by atoms with E-state index in [1.807, 2.05) is 12.1 Å². The summed E-state index contributed by atoms with van der Waals surface area (Å²) in [6, 6.07) is 6.43. The van der Waals surface area contributed by atoms with Crippen LogP contribution in [0, 0.1) is 0 Å². The summed E-state index contributed by atoms with van der Waals surface area (Å²) in [7, 11) is 0. The fourth-order valence-corrected chi connectivity index (χ4v) is 2.93. The van der Waals surface area contributed by atoms with E-state index >= 15 is 0 Å². The third-order valence-electron chi connectivity index (χ3n) is 3.32. The Kier molecular flexibility index (Phi) is 3.43. The van der Waals surface area contributed by atoms with Gasteiger partial charge >= 0.3 is 0 Å². The van der Waals surface area contributed by atoms with Gasteiger partial charge in [-0.15, -0.1) is 0 Å². The molecule has 1 aliphatic heterocycles. The van der Waals surface area contributed by atoms with Crippen LogP contribution in [0.1, 0.15) is 38.7 Å². The van der Waals surface area contributed by atoms with E-state index in [0.29, 0.717) is 12.5 Å². The molecule has 0 fully saturated rings. The lowest BCUT2D eigenvalue weighted by Crippen LogP contribution is -2.29. The van der Waals surface area contributed by atoms with Crippen LogP contribution in [0.25, 0.3) is 0 Å². The van der Waals surface area contributed by atoms with E-state index < -0.39 is 0 Å². The highest BCUT2D eigenvalue weighted by molar-refractivity contribution is 6.32. The first-order valence-corrected chi connectivity index (χ1v) is 6.43. The monoisotopic (exact) mass is 251 g/mol. The second-order valence-corrected chi connectivity index (χ2v) is 5.43. The van der Waals surface area contributed by atoms with Crippen molar-refractivity contribution in [3.8, 4) is 0 Å². The summed E-state index contributed by atoms with van der Waals surface area (Å²) in [5, 5.41) is 0.789. The van der Waals surface area contributed by atoms with Crippen LogP contribution in [-0.4, -0.2) is 18.4 Å². The van der Waals surface area contributed by atoms with Crippen molar-refractivity contribution in [1.82, 2.24) is 0 Å². The third-order valence-corrected chi connectivity index (χ3v) is 3.65. The van der Waals surface area contributed by atoms with Crippen LogP contribution in [0.15, 0.2) is 18.2 Å². The van der Waals surface area contributed by atoms with Crippen LogP contribution in [-0.2, 0) is 4.79 Å². The van der Waals surface area contributed by atoms with Gasteiger partial charge in [0.1, 0.15) is 5.78 Å². The number of rotatable bonds is 3. The van der Waals surface area contributed by atoms with Crippen molar-refractivity contribution in [3.63, 3.8) is 0 Å². The number of halogens is 1. The summed E-state index contributed by atoms with van der Waals surface area (Å²) < 4.78 is 0. The molecule has 0 N–H and O–H groups in total. The second kappa shape index (κ2) is 4.69. The fourth-order valence-electron chi connectivity index (χ4n) is 2.61. The van der Waals surface area contributed by atoms with E-state index in [4.69, 9.17) is 11.6 Å². The Morgan fingerprint density at radius 1 is 1.53 bits per heavy atom. The van der Waals surface area contributed by atoms with E-state index in [0.717, 1.165) is 17.1 Å². The predicted octanol–water partition coefficient (Wildman–Crippen LogP) is 3.63. The molecule has 0 saturated carbocycles. The van der Waals surface area contributed by atoms with E-state index in [1.165, 1.54) is 5.69 Å². The number of nitrogens with zero attached hydrogens (tertiary/aromatic N) is 1. The number of anilines is 1. The lowest BCUT2D eigenvalue weighted by atomic mass is 9.96. The molecular formula is C14H18ClNO. The molecule has 1 aliphatic rings. The first kappa shape index (κ1) is 12.4. The normalized spacial score (nSPS) is 18.6. The number of carbonyl (C=O) groups excluding carboxylic acids is 1. The van der Waals surface area contributed by atoms with Gasteiger partial charge in [-0.2, -0.15) is 0 Å². The summed E-state index contributed by atoms with van der Waals surface area (Å²) in [6.07, 6.45) is 0.583. The molecule has 0 aliphatic carbocycles. The Morgan fingerprint density at radius 3 is 2.82 bits per heavy atom. The van der Waals surface area contributed by atoms with Gasteiger partial charge in [0.15, 0.2) is 0 Å². The number of fused-ring (bicyclic) bond motifs is 1. The molecular weight excluding hydrogens is 234 g/mol. The zero-order chi connectivity index (χ0) is 12.6. The molecule has 0 radical (unpaired) electrons. The van der Waals surface area contributed by atoms with Crippen LogP contribution in [0.5, 0.6) is 0 Å². The van der Waals surface area contributed by atoms with Crippen LogP contribution in [0.3, 0.4) is 0 Å². The molecule has 0 spiro atoms. The molecule has 92 valence electrons. The minimum atomic E-state index is 0.228.